The molecule has 0 N–H and O–H groups in total. The highest BCUT2D eigenvalue weighted by Gasteiger charge is 2.25. The van der Waals surface area contributed by atoms with Gasteiger partial charge in [0.1, 0.15) is 0 Å². The van der Waals surface area contributed by atoms with Crippen LogP contribution in [0.5, 0.6) is 0 Å². The van der Waals surface area contributed by atoms with Crippen molar-refractivity contribution >= 4 is 0 Å². The molecule has 0 saturated carbocycles. The quantitative estimate of drug-likeness (QED) is 0.763. The third kappa shape index (κ3) is 2.34. The molecular weight excluding hydrogens is 256 g/mol. The lowest BCUT2D eigenvalue weighted by Crippen LogP contribution is -2.31. The van der Waals surface area contributed by atoms with Gasteiger partial charge in [-0.15, -0.1) is 0 Å². The van der Waals surface area contributed by atoms with Crippen molar-refractivity contribution in [3.05, 3.63) is 70.3 Å². The van der Waals surface area contributed by atoms with Gasteiger partial charge in [-0.2, -0.15) is 0 Å². The summed E-state index contributed by atoms with van der Waals surface area (Å²) in [4.78, 5) is 2.22. The monoisotopic (exact) mass is 273 g/mol. The first-order valence-electron chi connectivity index (χ1n) is 6.77. The van der Waals surface area contributed by atoms with Crippen molar-refractivity contribution in [2.24, 2.45) is 0 Å². The molecule has 3 rings (SSSR count). The van der Waals surface area contributed by atoms with Crippen molar-refractivity contribution < 1.29 is 8.78 Å². The predicted octanol–water partition coefficient (Wildman–Crippen LogP) is 3.85. The number of hydrogen-bond donors (Lipinski definition) is 0. The van der Waals surface area contributed by atoms with E-state index < -0.39 is 11.6 Å². The summed E-state index contributed by atoms with van der Waals surface area (Å²) in [7, 11) is 2.05. The Morgan fingerprint density at radius 3 is 2.60 bits per heavy atom. The fourth-order valence-corrected chi connectivity index (χ4v) is 2.99. The lowest BCUT2D eigenvalue weighted by molar-refractivity contribution is 0.294. The summed E-state index contributed by atoms with van der Waals surface area (Å²) in [5.74, 6) is -1.47. The number of likely N-dealkylation sites (N-methyl/N-ethyl adjacent to an activating group) is 1. The summed E-state index contributed by atoms with van der Waals surface area (Å²) >= 11 is 0. The Bertz CT molecular complexity index is 651. The second kappa shape index (κ2) is 4.98. The van der Waals surface area contributed by atoms with Crippen LogP contribution in [0.15, 0.2) is 36.4 Å². The van der Waals surface area contributed by atoms with Crippen LogP contribution in [0.4, 0.5) is 8.78 Å². The highest BCUT2D eigenvalue weighted by atomic mass is 19.2. The molecule has 1 atom stereocenters. The van der Waals surface area contributed by atoms with Crippen LogP contribution in [0.1, 0.15) is 28.2 Å². The van der Waals surface area contributed by atoms with Crippen molar-refractivity contribution in [2.45, 2.75) is 19.4 Å². The molecule has 1 nitrogen and oxygen atoms in total. The lowest BCUT2D eigenvalue weighted by Gasteiger charge is -2.33. The van der Waals surface area contributed by atoms with Gasteiger partial charge in [0, 0.05) is 19.0 Å². The molecule has 1 aliphatic heterocycles. The topological polar surface area (TPSA) is 3.24 Å². The van der Waals surface area contributed by atoms with Crippen molar-refractivity contribution in [1.82, 2.24) is 4.90 Å². The molecule has 20 heavy (non-hydrogen) atoms. The Morgan fingerprint density at radius 1 is 1.05 bits per heavy atom. The molecule has 2 aromatic carbocycles. The Hall–Kier alpha value is -1.74. The van der Waals surface area contributed by atoms with Crippen LogP contribution >= 0.6 is 0 Å². The summed E-state index contributed by atoms with van der Waals surface area (Å²) in [5, 5.41) is 0. The van der Waals surface area contributed by atoms with E-state index in [9.17, 15) is 8.78 Å². The van der Waals surface area contributed by atoms with E-state index in [1.54, 1.807) is 6.07 Å². The minimum absolute atomic E-state index is 0.0967. The molecule has 0 radical (unpaired) electrons. The van der Waals surface area contributed by atoms with E-state index in [4.69, 9.17) is 0 Å². The van der Waals surface area contributed by atoms with Gasteiger partial charge >= 0.3 is 0 Å². The minimum atomic E-state index is -0.790. The molecule has 104 valence electrons. The van der Waals surface area contributed by atoms with Gasteiger partial charge < -0.3 is 4.90 Å². The number of benzene rings is 2. The first kappa shape index (κ1) is 13.3. The molecule has 3 heteroatoms. The number of nitrogens with zero attached hydrogens (tertiary/aromatic N) is 1. The SMILES string of the molecule is Cc1ccc2c(c1)CN(C)C[C@H]2c1ccc(F)c(F)c1. The summed E-state index contributed by atoms with van der Waals surface area (Å²) in [6, 6.07) is 10.6. The van der Waals surface area contributed by atoms with Gasteiger partial charge in [-0.05, 0) is 42.8 Å². The smallest absolute Gasteiger partial charge is 0.159 e. The molecular formula is C17H17F2N. The molecule has 0 bridgehead atoms. The van der Waals surface area contributed by atoms with Crippen molar-refractivity contribution in [3.63, 3.8) is 0 Å². The highest BCUT2D eigenvalue weighted by Crippen LogP contribution is 2.33. The first-order valence-corrected chi connectivity index (χ1v) is 6.77. The van der Waals surface area contributed by atoms with Gasteiger partial charge in [0.05, 0.1) is 0 Å². The van der Waals surface area contributed by atoms with Gasteiger partial charge in [-0.25, -0.2) is 8.78 Å². The van der Waals surface area contributed by atoms with Gasteiger partial charge in [-0.1, -0.05) is 29.8 Å². The molecule has 0 unspecified atom stereocenters. The Balaban J connectivity index is 2.08. The zero-order valence-electron chi connectivity index (χ0n) is 11.7. The normalized spacial score (nSPS) is 18.9. The molecule has 1 heterocycles. The Kier molecular flexibility index (Phi) is 3.30. The van der Waals surface area contributed by atoms with E-state index >= 15 is 0 Å². The Labute approximate surface area is 117 Å². The van der Waals surface area contributed by atoms with Crippen LogP contribution < -0.4 is 0 Å². The fourth-order valence-electron chi connectivity index (χ4n) is 2.99. The standard InChI is InChI=1S/C17H17F2N/c1-11-3-5-14-13(7-11)9-20(2)10-15(14)12-4-6-16(18)17(19)8-12/h3-8,15H,9-10H2,1-2H3/t15-/m0/s1. The Morgan fingerprint density at radius 2 is 1.85 bits per heavy atom. The van der Waals surface area contributed by atoms with Crippen LogP contribution in [0.25, 0.3) is 0 Å². The van der Waals surface area contributed by atoms with Gasteiger partial charge in [-0.3, -0.25) is 0 Å². The van der Waals surface area contributed by atoms with Gasteiger partial charge in [0.2, 0.25) is 0 Å². The molecule has 0 fully saturated rings. The van der Waals surface area contributed by atoms with Crippen LogP contribution in [-0.4, -0.2) is 18.5 Å². The second-order valence-corrected chi connectivity index (χ2v) is 5.63. The van der Waals surface area contributed by atoms with E-state index in [1.807, 2.05) is 0 Å². The first-order chi connectivity index (χ1) is 9.54. The fraction of sp³-hybridized carbons (Fsp3) is 0.294. The summed E-state index contributed by atoms with van der Waals surface area (Å²) in [5.41, 5.74) is 4.55. The average molecular weight is 273 g/mol. The van der Waals surface area contributed by atoms with Gasteiger partial charge in [0.25, 0.3) is 0 Å². The van der Waals surface area contributed by atoms with Crippen LogP contribution in [-0.2, 0) is 6.54 Å². The molecule has 2 aromatic rings. The zero-order valence-corrected chi connectivity index (χ0v) is 11.7. The molecule has 0 amide bonds. The van der Waals surface area contributed by atoms with E-state index in [-0.39, 0.29) is 5.92 Å². The highest BCUT2D eigenvalue weighted by molar-refractivity contribution is 5.42. The van der Waals surface area contributed by atoms with E-state index in [1.165, 1.54) is 28.8 Å². The van der Waals surface area contributed by atoms with Gasteiger partial charge in [0.15, 0.2) is 11.6 Å². The lowest BCUT2D eigenvalue weighted by atomic mass is 9.84. The minimum Gasteiger partial charge on any atom is -0.301 e. The van der Waals surface area contributed by atoms with E-state index in [0.717, 1.165) is 18.7 Å². The molecule has 0 spiro atoms. The van der Waals surface area contributed by atoms with Crippen LogP contribution in [0.3, 0.4) is 0 Å². The van der Waals surface area contributed by atoms with Crippen molar-refractivity contribution in [1.29, 1.82) is 0 Å². The maximum absolute atomic E-state index is 13.5. The third-order valence-electron chi connectivity index (χ3n) is 3.95. The summed E-state index contributed by atoms with van der Waals surface area (Å²) < 4.78 is 26.6. The third-order valence-corrected chi connectivity index (χ3v) is 3.95. The maximum atomic E-state index is 13.5. The average Bonchev–Trinajstić information content (AvgIpc) is 2.40. The summed E-state index contributed by atoms with van der Waals surface area (Å²) in [6.07, 6.45) is 0. The van der Waals surface area contributed by atoms with Crippen LogP contribution in [0.2, 0.25) is 0 Å². The number of hydrogen-bond acceptors (Lipinski definition) is 1. The van der Waals surface area contributed by atoms with Crippen molar-refractivity contribution in [2.75, 3.05) is 13.6 Å². The zero-order chi connectivity index (χ0) is 14.3. The largest absolute Gasteiger partial charge is 0.301 e. The second-order valence-electron chi connectivity index (χ2n) is 5.63. The number of rotatable bonds is 1. The van der Waals surface area contributed by atoms with E-state index in [0.29, 0.717) is 0 Å². The van der Waals surface area contributed by atoms with E-state index in [2.05, 4.69) is 37.1 Å². The maximum Gasteiger partial charge on any atom is 0.159 e. The molecule has 0 aliphatic carbocycles. The molecule has 1 aliphatic rings. The molecule has 0 aromatic heterocycles. The number of fused-ring (bicyclic) bond motifs is 1. The number of aryl methyl sites for hydroxylation is 1. The predicted molar refractivity (Wildman–Crippen MR) is 75.7 cm³/mol. The molecule has 0 saturated heterocycles. The van der Waals surface area contributed by atoms with Crippen molar-refractivity contribution in [3.8, 4) is 0 Å². The summed E-state index contributed by atoms with van der Waals surface area (Å²) in [6.45, 7) is 3.79. The number of halogens is 2. The van der Waals surface area contributed by atoms with Crippen LogP contribution in [0, 0.1) is 18.6 Å².